The number of carbonyl (C=O) groups excluding carboxylic acids is 2. The third-order valence-corrected chi connectivity index (χ3v) is 4.87. The minimum absolute atomic E-state index is 0.0614. The van der Waals surface area contributed by atoms with Crippen molar-refractivity contribution in [2.45, 2.75) is 26.2 Å². The van der Waals surface area contributed by atoms with Crippen LogP contribution in [0.2, 0.25) is 0 Å². The molecule has 178 valence electrons. The first-order valence-corrected chi connectivity index (χ1v) is 10.7. The third kappa shape index (κ3) is 7.45. The molecule has 0 radical (unpaired) electrons. The second kappa shape index (κ2) is 13.0. The Bertz CT molecular complexity index is 987. The van der Waals surface area contributed by atoms with Crippen LogP contribution in [0.3, 0.4) is 0 Å². The van der Waals surface area contributed by atoms with Crippen molar-refractivity contribution in [3.8, 4) is 23.0 Å². The van der Waals surface area contributed by atoms with Gasteiger partial charge in [0.25, 0.3) is 5.91 Å². The van der Waals surface area contributed by atoms with Crippen LogP contribution in [0.5, 0.6) is 23.0 Å². The van der Waals surface area contributed by atoms with E-state index < -0.39 is 0 Å². The predicted molar refractivity (Wildman–Crippen MR) is 127 cm³/mol. The van der Waals surface area contributed by atoms with Gasteiger partial charge in [0.2, 0.25) is 5.91 Å². The van der Waals surface area contributed by atoms with E-state index in [4.69, 9.17) is 18.9 Å². The zero-order valence-electron chi connectivity index (χ0n) is 19.8. The van der Waals surface area contributed by atoms with E-state index >= 15 is 0 Å². The van der Waals surface area contributed by atoms with E-state index in [2.05, 4.69) is 10.6 Å². The molecule has 2 aromatic rings. The molecule has 2 amide bonds. The normalized spacial score (nSPS) is 10.9. The third-order valence-electron chi connectivity index (χ3n) is 4.87. The van der Waals surface area contributed by atoms with Crippen LogP contribution in [0.15, 0.2) is 42.1 Å². The number of hydrogen-bond donors (Lipinski definition) is 2. The standard InChI is InChI=1S/C25H32N2O6/c1-6-7-12-26-25(29)19(13-17-8-10-20(30-2)22(14-17)32-4)27-24(28)16-18-9-11-21(31-3)23(15-18)33-5/h8-11,13-15H,6-7,12,16H2,1-5H3,(H,26,29)(H,27,28)/b19-13-. The van der Waals surface area contributed by atoms with E-state index in [-0.39, 0.29) is 23.9 Å². The van der Waals surface area contributed by atoms with Crippen LogP contribution in [0.4, 0.5) is 0 Å². The van der Waals surface area contributed by atoms with Gasteiger partial charge in [-0.3, -0.25) is 9.59 Å². The van der Waals surface area contributed by atoms with Crippen LogP contribution in [0.25, 0.3) is 6.08 Å². The van der Waals surface area contributed by atoms with Gasteiger partial charge in [0.05, 0.1) is 34.9 Å². The second-order valence-electron chi connectivity index (χ2n) is 7.20. The van der Waals surface area contributed by atoms with Gasteiger partial charge in [-0.1, -0.05) is 25.5 Å². The summed E-state index contributed by atoms with van der Waals surface area (Å²) in [6, 6.07) is 10.5. The molecule has 2 rings (SSSR count). The van der Waals surface area contributed by atoms with Gasteiger partial charge in [0.15, 0.2) is 23.0 Å². The van der Waals surface area contributed by atoms with Gasteiger partial charge in [-0.2, -0.15) is 0 Å². The predicted octanol–water partition coefficient (Wildman–Crippen LogP) is 3.34. The molecule has 0 heterocycles. The lowest BCUT2D eigenvalue weighted by Crippen LogP contribution is -2.35. The molecule has 0 unspecified atom stereocenters. The fraction of sp³-hybridized carbons (Fsp3) is 0.360. The quantitative estimate of drug-likeness (QED) is 0.376. The monoisotopic (exact) mass is 456 g/mol. The fourth-order valence-corrected chi connectivity index (χ4v) is 3.11. The summed E-state index contributed by atoms with van der Waals surface area (Å²) in [6.07, 6.45) is 3.46. The molecule has 2 aromatic carbocycles. The molecule has 0 atom stereocenters. The van der Waals surface area contributed by atoms with Crippen molar-refractivity contribution in [2.75, 3.05) is 35.0 Å². The second-order valence-corrected chi connectivity index (χ2v) is 7.20. The topological polar surface area (TPSA) is 95.1 Å². The summed E-state index contributed by atoms with van der Waals surface area (Å²) >= 11 is 0. The van der Waals surface area contributed by atoms with Crippen molar-refractivity contribution >= 4 is 17.9 Å². The van der Waals surface area contributed by atoms with Crippen LogP contribution in [0.1, 0.15) is 30.9 Å². The van der Waals surface area contributed by atoms with E-state index in [1.165, 1.54) is 14.2 Å². The van der Waals surface area contributed by atoms with Crippen LogP contribution >= 0.6 is 0 Å². The lowest BCUT2D eigenvalue weighted by molar-refractivity contribution is -0.123. The van der Waals surface area contributed by atoms with Crippen LogP contribution in [-0.2, 0) is 16.0 Å². The molecule has 0 spiro atoms. The number of carbonyl (C=O) groups is 2. The highest BCUT2D eigenvalue weighted by molar-refractivity contribution is 6.01. The van der Waals surface area contributed by atoms with E-state index in [0.29, 0.717) is 35.1 Å². The van der Waals surface area contributed by atoms with Gasteiger partial charge in [-0.15, -0.1) is 0 Å². The Kier molecular flexibility index (Phi) is 10.1. The van der Waals surface area contributed by atoms with Crippen LogP contribution in [-0.4, -0.2) is 46.8 Å². The maximum absolute atomic E-state index is 12.8. The van der Waals surface area contributed by atoms with Crippen molar-refractivity contribution in [3.05, 3.63) is 53.2 Å². The van der Waals surface area contributed by atoms with Crippen LogP contribution < -0.4 is 29.6 Å². The molecule has 0 aromatic heterocycles. The first kappa shape index (κ1) is 25.6. The zero-order chi connectivity index (χ0) is 24.2. The highest BCUT2D eigenvalue weighted by Gasteiger charge is 2.15. The summed E-state index contributed by atoms with van der Waals surface area (Å²) in [6.45, 7) is 2.56. The Balaban J connectivity index is 2.26. The molecule has 33 heavy (non-hydrogen) atoms. The Labute approximate surface area is 194 Å². The molecule has 0 aliphatic carbocycles. The summed E-state index contributed by atoms with van der Waals surface area (Å²) in [5.74, 6) is 1.50. The zero-order valence-corrected chi connectivity index (χ0v) is 19.8. The Morgan fingerprint density at radius 3 is 2.06 bits per heavy atom. The summed E-state index contributed by atoms with van der Waals surface area (Å²) in [5.41, 5.74) is 1.55. The number of ether oxygens (including phenoxy) is 4. The van der Waals surface area contributed by atoms with Crippen molar-refractivity contribution in [3.63, 3.8) is 0 Å². The van der Waals surface area contributed by atoms with E-state index in [1.807, 2.05) is 6.92 Å². The van der Waals surface area contributed by atoms with Gasteiger partial charge in [-0.25, -0.2) is 0 Å². The molecule has 0 fully saturated rings. The minimum atomic E-state index is -0.362. The Morgan fingerprint density at radius 1 is 0.848 bits per heavy atom. The smallest absolute Gasteiger partial charge is 0.267 e. The van der Waals surface area contributed by atoms with Gasteiger partial charge >= 0.3 is 0 Å². The van der Waals surface area contributed by atoms with E-state index in [0.717, 1.165) is 18.4 Å². The molecule has 0 bridgehead atoms. The minimum Gasteiger partial charge on any atom is -0.493 e. The fourth-order valence-electron chi connectivity index (χ4n) is 3.11. The number of nitrogens with one attached hydrogen (secondary N) is 2. The number of benzene rings is 2. The SMILES string of the molecule is CCCCNC(=O)/C(=C/c1ccc(OC)c(OC)c1)NC(=O)Cc1ccc(OC)c(OC)c1. The van der Waals surface area contributed by atoms with Crippen molar-refractivity contribution < 1.29 is 28.5 Å². The molecule has 8 nitrogen and oxygen atoms in total. The maximum atomic E-state index is 12.8. The molecule has 0 aliphatic heterocycles. The van der Waals surface area contributed by atoms with Crippen molar-refractivity contribution in [1.29, 1.82) is 0 Å². The van der Waals surface area contributed by atoms with E-state index in [9.17, 15) is 9.59 Å². The average Bonchev–Trinajstić information content (AvgIpc) is 2.83. The Morgan fingerprint density at radius 2 is 1.45 bits per heavy atom. The molecule has 8 heteroatoms. The number of rotatable bonds is 12. The molecule has 2 N–H and O–H groups in total. The summed E-state index contributed by atoms with van der Waals surface area (Å²) in [4.78, 5) is 25.6. The molecule has 0 saturated carbocycles. The molecule has 0 saturated heterocycles. The first-order valence-electron chi connectivity index (χ1n) is 10.7. The van der Waals surface area contributed by atoms with Gasteiger partial charge in [0, 0.05) is 6.54 Å². The average molecular weight is 457 g/mol. The number of amides is 2. The van der Waals surface area contributed by atoms with Gasteiger partial charge < -0.3 is 29.6 Å². The maximum Gasteiger partial charge on any atom is 0.267 e. The lowest BCUT2D eigenvalue weighted by atomic mass is 10.1. The molecule has 0 aliphatic rings. The highest BCUT2D eigenvalue weighted by atomic mass is 16.5. The Hall–Kier alpha value is -3.68. The van der Waals surface area contributed by atoms with Crippen molar-refractivity contribution in [1.82, 2.24) is 10.6 Å². The van der Waals surface area contributed by atoms with Crippen molar-refractivity contribution in [2.24, 2.45) is 0 Å². The first-order chi connectivity index (χ1) is 15.9. The summed E-state index contributed by atoms with van der Waals surface area (Å²) in [5, 5.41) is 5.58. The van der Waals surface area contributed by atoms with Gasteiger partial charge in [-0.05, 0) is 47.9 Å². The van der Waals surface area contributed by atoms with E-state index in [1.54, 1.807) is 56.7 Å². The summed E-state index contributed by atoms with van der Waals surface area (Å²) < 4.78 is 21.1. The van der Waals surface area contributed by atoms with Gasteiger partial charge in [0.1, 0.15) is 5.70 Å². The lowest BCUT2D eigenvalue weighted by Gasteiger charge is -2.13. The number of methoxy groups -OCH3 is 4. The largest absolute Gasteiger partial charge is 0.493 e. The molecular weight excluding hydrogens is 424 g/mol. The summed E-state index contributed by atoms with van der Waals surface area (Å²) in [7, 11) is 6.17. The van der Waals surface area contributed by atoms with Crippen LogP contribution in [0, 0.1) is 0 Å². The molecular formula is C25H32N2O6. The number of unbranched alkanes of at least 4 members (excludes halogenated alkanes) is 1. The number of hydrogen-bond acceptors (Lipinski definition) is 6. The highest BCUT2D eigenvalue weighted by Crippen LogP contribution is 2.29.